The monoisotopic (exact) mass is 277 g/mol. The summed E-state index contributed by atoms with van der Waals surface area (Å²) in [7, 11) is 1.71. The van der Waals surface area contributed by atoms with Crippen molar-refractivity contribution in [2.24, 2.45) is 0 Å². The molecule has 2 rings (SSSR count). The van der Waals surface area contributed by atoms with E-state index < -0.39 is 17.7 Å². The fourth-order valence-electron chi connectivity index (χ4n) is 2.23. The zero-order valence-electron chi connectivity index (χ0n) is 11.5. The number of para-hydroxylation sites is 1. The second-order valence-electron chi connectivity index (χ2n) is 4.34. The normalized spacial score (nSPS) is 12.2. The fourth-order valence-corrected chi connectivity index (χ4v) is 2.23. The third-order valence-electron chi connectivity index (χ3n) is 3.11. The second kappa shape index (κ2) is 6.48. The molecule has 0 aromatic heterocycles. The summed E-state index contributed by atoms with van der Waals surface area (Å²) in [6.45, 7) is 2.40. The molecule has 0 radical (unpaired) electrons. The highest BCUT2D eigenvalue weighted by Gasteiger charge is 2.21. The summed E-state index contributed by atoms with van der Waals surface area (Å²) in [4.78, 5) is 0. The molecule has 0 aliphatic rings. The van der Waals surface area contributed by atoms with E-state index in [0.717, 1.165) is 11.6 Å². The maximum atomic E-state index is 14.0. The Kier molecular flexibility index (Phi) is 4.69. The first-order valence-corrected chi connectivity index (χ1v) is 6.52. The summed E-state index contributed by atoms with van der Waals surface area (Å²) in [5.74, 6) is -1.02. The third-order valence-corrected chi connectivity index (χ3v) is 3.11. The van der Waals surface area contributed by atoms with Crippen molar-refractivity contribution in [1.82, 2.24) is 5.32 Å². The van der Waals surface area contributed by atoms with E-state index in [0.29, 0.717) is 12.4 Å². The Morgan fingerprint density at radius 2 is 1.75 bits per heavy atom. The summed E-state index contributed by atoms with van der Waals surface area (Å²) >= 11 is 0. The number of nitrogens with one attached hydrogen (secondary N) is 1. The summed E-state index contributed by atoms with van der Waals surface area (Å²) < 4.78 is 32.9. The molecule has 0 saturated carbocycles. The second-order valence-corrected chi connectivity index (χ2v) is 4.34. The minimum atomic E-state index is -0.850. The lowest BCUT2D eigenvalue weighted by molar-refractivity contribution is 0.333. The molecule has 20 heavy (non-hydrogen) atoms. The number of benzene rings is 2. The molecule has 1 N–H and O–H groups in total. The van der Waals surface area contributed by atoms with Crippen molar-refractivity contribution in [3.05, 3.63) is 65.2 Å². The van der Waals surface area contributed by atoms with Gasteiger partial charge in [0, 0.05) is 11.1 Å². The van der Waals surface area contributed by atoms with Gasteiger partial charge in [0.25, 0.3) is 0 Å². The predicted molar refractivity (Wildman–Crippen MR) is 74.9 cm³/mol. The molecule has 106 valence electrons. The van der Waals surface area contributed by atoms with Crippen LogP contribution in [0.3, 0.4) is 0 Å². The first kappa shape index (κ1) is 14.5. The quantitative estimate of drug-likeness (QED) is 0.900. The van der Waals surface area contributed by atoms with Crippen LogP contribution in [0.15, 0.2) is 42.5 Å². The average Bonchev–Trinajstić information content (AvgIpc) is 2.46. The van der Waals surface area contributed by atoms with Gasteiger partial charge < -0.3 is 10.1 Å². The Hall–Kier alpha value is -1.94. The number of halogens is 2. The third kappa shape index (κ3) is 2.80. The smallest absolute Gasteiger partial charge is 0.163 e. The molecule has 0 aliphatic carbocycles. The first-order valence-electron chi connectivity index (χ1n) is 6.52. The maximum Gasteiger partial charge on any atom is 0.163 e. The first-order chi connectivity index (χ1) is 9.69. The lowest BCUT2D eigenvalue weighted by Gasteiger charge is -2.21. The molecule has 1 atom stereocenters. The van der Waals surface area contributed by atoms with Gasteiger partial charge in [-0.1, -0.05) is 30.3 Å². The maximum absolute atomic E-state index is 14.0. The van der Waals surface area contributed by atoms with Crippen molar-refractivity contribution in [1.29, 1.82) is 0 Å². The van der Waals surface area contributed by atoms with Crippen molar-refractivity contribution in [3.8, 4) is 5.75 Å². The van der Waals surface area contributed by atoms with E-state index in [1.807, 2.05) is 31.2 Å². The van der Waals surface area contributed by atoms with E-state index in [1.165, 1.54) is 6.07 Å². The highest BCUT2D eigenvalue weighted by atomic mass is 19.2. The van der Waals surface area contributed by atoms with Crippen molar-refractivity contribution < 1.29 is 13.5 Å². The summed E-state index contributed by atoms with van der Waals surface area (Å²) in [5, 5.41) is 3.01. The molecule has 0 amide bonds. The van der Waals surface area contributed by atoms with Gasteiger partial charge in [0.15, 0.2) is 11.6 Å². The van der Waals surface area contributed by atoms with E-state index in [9.17, 15) is 8.78 Å². The van der Waals surface area contributed by atoms with Crippen molar-refractivity contribution in [2.75, 3.05) is 13.7 Å². The van der Waals surface area contributed by atoms with E-state index in [2.05, 4.69) is 5.32 Å². The van der Waals surface area contributed by atoms with Gasteiger partial charge in [0.2, 0.25) is 0 Å². The van der Waals surface area contributed by atoms with Crippen LogP contribution in [0.1, 0.15) is 24.1 Å². The van der Waals surface area contributed by atoms with Crippen molar-refractivity contribution >= 4 is 0 Å². The summed E-state index contributed by atoms with van der Waals surface area (Å²) in [6, 6.07) is 11.1. The predicted octanol–water partition coefficient (Wildman–Crippen LogP) is 3.67. The van der Waals surface area contributed by atoms with Gasteiger partial charge in [-0.2, -0.15) is 0 Å². The molecule has 0 bridgehead atoms. The lowest BCUT2D eigenvalue weighted by atomic mass is 9.97. The largest absolute Gasteiger partial charge is 0.494 e. The van der Waals surface area contributed by atoms with Gasteiger partial charge in [0.05, 0.1) is 12.6 Å². The van der Waals surface area contributed by atoms with Gasteiger partial charge in [-0.3, -0.25) is 0 Å². The molecule has 0 aliphatic heterocycles. The summed E-state index contributed by atoms with van der Waals surface area (Å²) in [5.41, 5.74) is 1.04. The highest BCUT2D eigenvalue weighted by Crippen LogP contribution is 2.31. The van der Waals surface area contributed by atoms with E-state index in [1.54, 1.807) is 13.1 Å². The highest BCUT2D eigenvalue weighted by molar-refractivity contribution is 5.42. The van der Waals surface area contributed by atoms with Gasteiger partial charge >= 0.3 is 0 Å². The SMILES string of the molecule is CCOc1ccccc1C(NC)c1cccc(F)c1F. The van der Waals surface area contributed by atoms with Crippen LogP contribution in [-0.2, 0) is 0 Å². The average molecular weight is 277 g/mol. The number of hydrogen-bond donors (Lipinski definition) is 1. The Morgan fingerprint density at radius 1 is 1.05 bits per heavy atom. The Morgan fingerprint density at radius 3 is 2.45 bits per heavy atom. The molecule has 4 heteroatoms. The molecule has 2 nitrogen and oxygen atoms in total. The van der Waals surface area contributed by atoms with Crippen LogP contribution in [0.5, 0.6) is 5.75 Å². The van der Waals surface area contributed by atoms with Crippen LogP contribution in [-0.4, -0.2) is 13.7 Å². The van der Waals surface area contributed by atoms with E-state index in [4.69, 9.17) is 4.74 Å². The number of rotatable bonds is 5. The standard InChI is InChI=1S/C16H17F2NO/c1-3-20-14-10-5-4-7-11(14)16(19-2)12-8-6-9-13(17)15(12)18/h4-10,16,19H,3H2,1-2H3. The minimum absolute atomic E-state index is 0.264. The molecular weight excluding hydrogens is 260 g/mol. The van der Waals surface area contributed by atoms with Gasteiger partial charge in [-0.25, -0.2) is 8.78 Å². The molecule has 0 saturated heterocycles. The van der Waals surface area contributed by atoms with Crippen molar-refractivity contribution in [2.45, 2.75) is 13.0 Å². The molecular formula is C16H17F2NO. The Balaban J connectivity index is 2.50. The number of hydrogen-bond acceptors (Lipinski definition) is 2. The van der Waals surface area contributed by atoms with Crippen LogP contribution in [0.25, 0.3) is 0 Å². The number of ether oxygens (including phenoxy) is 1. The molecule has 1 unspecified atom stereocenters. The summed E-state index contributed by atoms with van der Waals surface area (Å²) in [6.07, 6.45) is 0. The van der Waals surface area contributed by atoms with Gasteiger partial charge in [-0.15, -0.1) is 0 Å². The van der Waals surface area contributed by atoms with Crippen LogP contribution < -0.4 is 10.1 Å². The molecule has 0 fully saturated rings. The topological polar surface area (TPSA) is 21.3 Å². The zero-order chi connectivity index (χ0) is 14.5. The Labute approximate surface area is 117 Å². The molecule has 2 aromatic carbocycles. The lowest BCUT2D eigenvalue weighted by Crippen LogP contribution is -2.20. The van der Waals surface area contributed by atoms with Crippen LogP contribution in [0.4, 0.5) is 8.78 Å². The van der Waals surface area contributed by atoms with Crippen LogP contribution in [0, 0.1) is 11.6 Å². The van der Waals surface area contributed by atoms with Crippen LogP contribution in [0.2, 0.25) is 0 Å². The van der Waals surface area contributed by atoms with Crippen LogP contribution >= 0.6 is 0 Å². The minimum Gasteiger partial charge on any atom is -0.494 e. The van der Waals surface area contributed by atoms with Crippen molar-refractivity contribution in [3.63, 3.8) is 0 Å². The fraction of sp³-hybridized carbons (Fsp3) is 0.250. The van der Waals surface area contributed by atoms with E-state index in [-0.39, 0.29) is 5.56 Å². The molecule has 2 aromatic rings. The zero-order valence-corrected chi connectivity index (χ0v) is 11.5. The molecule has 0 spiro atoms. The van der Waals surface area contributed by atoms with E-state index >= 15 is 0 Å². The van der Waals surface area contributed by atoms with Gasteiger partial charge in [0.1, 0.15) is 5.75 Å². The molecule has 0 heterocycles. The van der Waals surface area contributed by atoms with Gasteiger partial charge in [-0.05, 0) is 26.1 Å². The Bertz CT molecular complexity index is 586.